The number of nitrogen functional groups attached to an aromatic ring is 1. The number of rotatable bonds is 18. The number of nitrogens with zero attached hydrogens (tertiary/aromatic N) is 8. The average Bonchev–Trinajstić information content (AvgIpc) is 4.23. The Bertz CT molecular complexity index is 3130. The van der Waals surface area contributed by atoms with Crippen LogP contribution in [0, 0.1) is 24.0 Å². The molecule has 6 N–H and O–H groups in total. The van der Waals surface area contributed by atoms with E-state index in [0.29, 0.717) is 49.3 Å². The summed E-state index contributed by atoms with van der Waals surface area (Å²) in [5.74, 6) is -1.88. The van der Waals surface area contributed by atoms with Crippen LogP contribution in [0.25, 0.3) is 43.5 Å². The van der Waals surface area contributed by atoms with Gasteiger partial charge in [0, 0.05) is 75.3 Å². The zero-order chi connectivity index (χ0) is 54.1. The van der Waals surface area contributed by atoms with Crippen LogP contribution >= 0.6 is 11.3 Å². The number of fused-ring (bicyclic) bond motifs is 4. The Kier molecular flexibility index (Phi) is 16.0. The number of anilines is 2. The van der Waals surface area contributed by atoms with Crippen LogP contribution in [0.15, 0.2) is 60.2 Å². The molecule has 77 heavy (non-hydrogen) atoms. The third-order valence-electron chi connectivity index (χ3n) is 15.4. The fourth-order valence-corrected chi connectivity index (χ4v) is 12.2. The van der Waals surface area contributed by atoms with Crippen molar-refractivity contribution < 1.29 is 37.7 Å². The fourth-order valence-electron chi connectivity index (χ4n) is 11.4. The summed E-state index contributed by atoms with van der Waals surface area (Å²) in [4.78, 5) is 71.0. The first kappa shape index (κ1) is 53.9. The fraction of sp³-hybridized carbons (Fsp3) is 0.500. The average molecular weight is 1080 g/mol. The van der Waals surface area contributed by atoms with Gasteiger partial charge in [0.25, 0.3) is 0 Å². The summed E-state index contributed by atoms with van der Waals surface area (Å²) in [7, 11) is 0. The molecule has 6 aromatic rings. The van der Waals surface area contributed by atoms with Crippen molar-refractivity contribution in [3.05, 3.63) is 83.1 Å². The lowest BCUT2D eigenvalue weighted by Gasteiger charge is -2.35. The molecular formula is C56H68F2N12O6S. The first-order valence-corrected chi connectivity index (χ1v) is 27.6. The lowest BCUT2D eigenvalue weighted by atomic mass is 9.85. The minimum absolute atomic E-state index is 0.00378. The van der Waals surface area contributed by atoms with E-state index >= 15 is 8.78 Å². The van der Waals surface area contributed by atoms with Crippen LogP contribution in [0.3, 0.4) is 0 Å². The number of hydrogen-bond acceptors (Lipinski definition) is 16. The molecule has 0 radical (unpaired) electrons. The lowest BCUT2D eigenvalue weighted by Crippen LogP contribution is -2.58. The highest BCUT2D eigenvalue weighted by Crippen LogP contribution is 2.37. The maximum atomic E-state index is 16.9. The molecule has 8 heterocycles. The van der Waals surface area contributed by atoms with Crippen LogP contribution in [0.4, 0.5) is 20.4 Å². The molecule has 0 spiro atoms. The van der Waals surface area contributed by atoms with Crippen LogP contribution in [-0.4, -0.2) is 146 Å². The van der Waals surface area contributed by atoms with E-state index in [-0.39, 0.29) is 103 Å². The van der Waals surface area contributed by atoms with E-state index in [1.807, 2.05) is 64.4 Å². The second-order valence-electron chi connectivity index (χ2n) is 22.0. The van der Waals surface area contributed by atoms with Crippen molar-refractivity contribution in [2.75, 3.05) is 63.2 Å². The second-order valence-corrected chi connectivity index (χ2v) is 22.9. The molecule has 4 aromatic heterocycles. The molecule has 3 amide bonds. The monoisotopic (exact) mass is 1070 g/mol. The smallest absolute Gasteiger partial charge is 0.319 e. The normalized spacial score (nSPS) is 21.5. The van der Waals surface area contributed by atoms with E-state index in [9.17, 15) is 19.5 Å². The Labute approximate surface area is 450 Å². The number of carbonyl (C=O) groups is 3. The summed E-state index contributed by atoms with van der Waals surface area (Å²) in [6, 6.07) is 12.4. The largest absolute Gasteiger partial charge is 0.462 e. The summed E-state index contributed by atoms with van der Waals surface area (Å²) >= 11 is 1.57. The summed E-state index contributed by atoms with van der Waals surface area (Å²) in [5, 5.41) is 21.3. The van der Waals surface area contributed by atoms with E-state index in [0.717, 1.165) is 53.9 Å². The number of aryl methyl sites for hydroxylation is 1. The van der Waals surface area contributed by atoms with Gasteiger partial charge in [0.1, 0.15) is 53.0 Å². The summed E-state index contributed by atoms with van der Waals surface area (Å²) in [6.45, 7) is 13.1. The Morgan fingerprint density at radius 1 is 0.974 bits per heavy atom. The zero-order valence-corrected chi connectivity index (χ0v) is 45.0. The number of thiazole rings is 1. The molecule has 2 aromatic carbocycles. The number of nitrogens with one attached hydrogen (secondary N) is 3. The number of benzene rings is 2. The SMILES string of the molecule is Cc1ncsc1-c1ccc([C@H](C)NC(=O)[C@@H]2C[C@@H](O)CN2C(=O)[C@@H](NC(=O)CCOCCCN2CCC[C@H]2COc2nc(N3CC4CCC(C3)N4)c3cnc(-c4nc(N)cc5cccc(F)c45)c(F)c3n2)C(C)(C)C)cc1. The number of carbonyl (C=O) groups excluding carboxylic acids is 3. The number of ether oxygens (including phenoxy) is 2. The van der Waals surface area contributed by atoms with Crippen molar-refractivity contribution in [3.8, 4) is 27.8 Å². The lowest BCUT2D eigenvalue weighted by molar-refractivity contribution is -0.144. The number of aliphatic hydroxyl groups excluding tert-OH is 1. The van der Waals surface area contributed by atoms with Crippen LogP contribution in [0.1, 0.15) is 89.9 Å². The number of hydrogen-bond donors (Lipinski definition) is 5. The Balaban J connectivity index is 0.724. The van der Waals surface area contributed by atoms with Crippen molar-refractivity contribution >= 4 is 62.4 Å². The molecule has 0 aliphatic carbocycles. The van der Waals surface area contributed by atoms with Gasteiger partial charge in [0.2, 0.25) is 17.7 Å². The number of aliphatic hydroxyl groups is 1. The Morgan fingerprint density at radius 3 is 2.49 bits per heavy atom. The number of amides is 3. The van der Waals surface area contributed by atoms with Crippen LogP contribution in [-0.2, 0) is 19.1 Å². The number of β-amino-alcohol motifs (C(OH)–C–C–N with tert-alkyl or cyclic N) is 1. The summed E-state index contributed by atoms with van der Waals surface area (Å²) in [6.07, 6.45) is 5.34. The van der Waals surface area contributed by atoms with Crippen molar-refractivity contribution in [2.24, 2.45) is 5.41 Å². The number of pyridine rings is 2. The van der Waals surface area contributed by atoms with Crippen LogP contribution < -0.4 is 31.3 Å². The number of piperazine rings is 1. The van der Waals surface area contributed by atoms with E-state index in [2.05, 4.69) is 45.7 Å². The highest BCUT2D eigenvalue weighted by molar-refractivity contribution is 7.13. The molecule has 21 heteroatoms. The maximum absolute atomic E-state index is 16.9. The quantitative estimate of drug-likeness (QED) is 0.0581. The topological polar surface area (TPSA) is 226 Å². The first-order chi connectivity index (χ1) is 37.0. The Hall–Kier alpha value is -6.52. The van der Waals surface area contributed by atoms with Gasteiger partial charge in [-0.05, 0) is 86.6 Å². The number of likely N-dealkylation sites (tertiary alicyclic amines) is 2. The van der Waals surface area contributed by atoms with Gasteiger partial charge in [-0.3, -0.25) is 24.3 Å². The predicted molar refractivity (Wildman–Crippen MR) is 291 cm³/mol. The molecule has 408 valence electrons. The molecule has 7 atom stereocenters. The van der Waals surface area contributed by atoms with E-state index in [1.54, 1.807) is 29.5 Å². The third-order valence-corrected chi connectivity index (χ3v) is 16.4. The van der Waals surface area contributed by atoms with E-state index in [4.69, 9.17) is 20.2 Å². The van der Waals surface area contributed by atoms with Crippen LogP contribution in [0.2, 0.25) is 0 Å². The molecular weight excluding hydrogens is 1010 g/mol. The van der Waals surface area contributed by atoms with Crippen LogP contribution in [0.5, 0.6) is 6.01 Å². The van der Waals surface area contributed by atoms with E-state index in [1.165, 1.54) is 17.2 Å². The molecule has 0 saturated carbocycles. The number of aromatic nitrogens is 5. The highest BCUT2D eigenvalue weighted by Gasteiger charge is 2.45. The standard InChI is InChI=1S/C56H68F2N12O6S/c1-31(33-12-14-34(15-13-33)50-32(2)61-30-77-50)62-53(73)42-24-39(71)28-70(42)54(74)51(56(3,4)5)65-44(72)18-22-75-21-8-20-68-19-7-10-38(68)29-76-55-66-47-40(52(67-55)69-26-36-16-17-37(27-69)63-36)25-60-49(46(47)58)48-45-35(23-43(59)64-48)9-6-11-41(45)57/h6,9,11-15,23,25,30-31,36-39,42,51,63,71H,7-8,10,16-22,24,26-29H2,1-5H3,(H2,59,64)(H,62,73)(H,65,72)/t31-,36?,37?,38-,39+,42-,51+/m0/s1. The summed E-state index contributed by atoms with van der Waals surface area (Å²) in [5.41, 5.74) is 9.94. The maximum Gasteiger partial charge on any atom is 0.319 e. The van der Waals surface area contributed by atoms with Crippen molar-refractivity contribution in [1.29, 1.82) is 0 Å². The van der Waals surface area contributed by atoms with Crippen molar-refractivity contribution in [1.82, 2.24) is 50.7 Å². The zero-order valence-electron chi connectivity index (χ0n) is 44.2. The minimum atomic E-state index is -0.958. The molecule has 4 fully saturated rings. The molecule has 4 aliphatic rings. The van der Waals surface area contributed by atoms with Gasteiger partial charge in [-0.1, -0.05) is 57.2 Å². The number of halogens is 2. The molecule has 18 nitrogen and oxygen atoms in total. The van der Waals surface area contributed by atoms with Gasteiger partial charge < -0.3 is 46.1 Å². The van der Waals surface area contributed by atoms with Gasteiger partial charge in [0.05, 0.1) is 40.2 Å². The third kappa shape index (κ3) is 11.8. The molecule has 2 bridgehead atoms. The Morgan fingerprint density at radius 2 is 1.75 bits per heavy atom. The minimum Gasteiger partial charge on any atom is -0.462 e. The second kappa shape index (κ2) is 22.8. The van der Waals surface area contributed by atoms with Gasteiger partial charge in [0.15, 0.2) is 5.82 Å². The molecule has 2 unspecified atom stereocenters. The predicted octanol–water partition coefficient (Wildman–Crippen LogP) is 6.48. The van der Waals surface area contributed by atoms with Crippen molar-refractivity contribution in [3.63, 3.8) is 0 Å². The van der Waals surface area contributed by atoms with E-state index < -0.39 is 41.1 Å². The van der Waals surface area contributed by atoms with Gasteiger partial charge in [-0.15, -0.1) is 11.3 Å². The van der Waals surface area contributed by atoms with Gasteiger partial charge in [-0.25, -0.2) is 18.7 Å². The summed E-state index contributed by atoms with van der Waals surface area (Å²) < 4.78 is 44.6. The highest BCUT2D eigenvalue weighted by atomic mass is 32.1. The number of nitrogens with two attached hydrogens (primary N) is 1. The first-order valence-electron chi connectivity index (χ1n) is 26.7. The van der Waals surface area contributed by atoms with Gasteiger partial charge in [-0.2, -0.15) is 9.97 Å². The molecule has 4 aliphatic heterocycles. The van der Waals surface area contributed by atoms with Gasteiger partial charge >= 0.3 is 6.01 Å². The molecule has 4 saturated heterocycles. The molecule has 10 rings (SSSR count). The van der Waals surface area contributed by atoms with Crippen molar-refractivity contribution in [2.45, 2.75) is 122 Å².